The van der Waals surface area contributed by atoms with Gasteiger partial charge < -0.3 is 14.2 Å². The van der Waals surface area contributed by atoms with Crippen molar-refractivity contribution in [2.24, 2.45) is 23.7 Å². The number of ether oxygens (including phenoxy) is 3. The van der Waals surface area contributed by atoms with Crippen LogP contribution < -0.4 is 0 Å². The van der Waals surface area contributed by atoms with E-state index in [-0.39, 0.29) is 6.42 Å². The van der Waals surface area contributed by atoms with Gasteiger partial charge in [0.1, 0.15) is 18.1 Å². The average molecular weight is 552 g/mol. The molecule has 9 nitrogen and oxygen atoms in total. The van der Waals surface area contributed by atoms with Gasteiger partial charge in [-0.05, 0) is 17.5 Å². The van der Waals surface area contributed by atoms with Crippen molar-refractivity contribution >= 4 is 34.1 Å². The van der Waals surface area contributed by atoms with Crippen LogP contribution in [0.15, 0.2) is 30.3 Å². The Morgan fingerprint density at radius 3 is 2.41 bits per heavy atom. The molecule has 0 amide bonds. The van der Waals surface area contributed by atoms with E-state index < -0.39 is 87.4 Å². The normalized spacial score (nSPS) is 32.7. The number of carbonyl (C=O) groups is 3. The summed E-state index contributed by atoms with van der Waals surface area (Å²) in [6, 6.07) is 6.88. The van der Waals surface area contributed by atoms with Crippen LogP contribution in [-0.2, 0) is 38.7 Å². The number of esters is 3. The number of benzene rings is 1. The van der Waals surface area contributed by atoms with Crippen molar-refractivity contribution in [1.82, 2.24) is 0 Å². The molecule has 8 unspecified atom stereocenters. The Hall–Kier alpha value is -3.07. The zero-order valence-corrected chi connectivity index (χ0v) is 19.1. The van der Waals surface area contributed by atoms with E-state index in [1.165, 1.54) is 0 Å². The number of hydrogen-bond donors (Lipinski definition) is 1. The van der Waals surface area contributed by atoms with Gasteiger partial charge in [0.2, 0.25) is 0 Å². The van der Waals surface area contributed by atoms with Crippen molar-refractivity contribution < 1.29 is 63.5 Å². The molecule has 1 heterocycles. The second kappa shape index (κ2) is 8.21. The van der Waals surface area contributed by atoms with E-state index in [1.807, 2.05) is 0 Å². The summed E-state index contributed by atoms with van der Waals surface area (Å²) in [6.45, 7) is 0. The average Bonchev–Trinajstić information content (AvgIpc) is 3.51. The molecule has 1 saturated heterocycles. The van der Waals surface area contributed by atoms with Gasteiger partial charge in [0, 0.05) is 11.8 Å². The fourth-order valence-corrected chi connectivity index (χ4v) is 6.24. The molecule has 1 N–H and O–H groups in total. The van der Waals surface area contributed by atoms with Crippen LogP contribution in [0.3, 0.4) is 0 Å². The van der Waals surface area contributed by atoms with Crippen LogP contribution in [0, 0.1) is 23.7 Å². The van der Waals surface area contributed by atoms with Gasteiger partial charge in [-0.15, -0.1) is 0 Å². The van der Waals surface area contributed by atoms with Crippen LogP contribution in [0.4, 0.5) is 22.0 Å². The molecule has 1 aromatic rings. The molecule has 15 heteroatoms. The molecular formula is C22H17F5O9S. The topological polar surface area (TPSA) is 133 Å². The van der Waals surface area contributed by atoms with Gasteiger partial charge in [-0.3, -0.25) is 18.9 Å². The summed E-state index contributed by atoms with van der Waals surface area (Å²) < 4.78 is 113. The molecule has 37 heavy (non-hydrogen) atoms. The monoisotopic (exact) mass is 552 g/mol. The van der Waals surface area contributed by atoms with Crippen LogP contribution in [-0.4, -0.2) is 60.6 Å². The van der Waals surface area contributed by atoms with Crippen molar-refractivity contribution in [2.45, 2.75) is 42.1 Å². The van der Waals surface area contributed by atoms with Gasteiger partial charge >= 0.3 is 39.5 Å². The van der Waals surface area contributed by atoms with Crippen LogP contribution in [0.5, 0.6) is 0 Å². The van der Waals surface area contributed by atoms with Crippen LogP contribution >= 0.6 is 0 Å². The third-order valence-electron chi connectivity index (χ3n) is 7.30. The fourth-order valence-electron chi connectivity index (χ4n) is 5.79. The number of alkyl halides is 5. The Kier molecular flexibility index (Phi) is 5.68. The van der Waals surface area contributed by atoms with E-state index in [0.717, 1.165) is 5.56 Å². The number of fused-ring (bicyclic) bond motifs is 2. The molecule has 0 aromatic heterocycles. The van der Waals surface area contributed by atoms with Crippen molar-refractivity contribution in [1.29, 1.82) is 0 Å². The van der Waals surface area contributed by atoms with Gasteiger partial charge in [0.15, 0.2) is 0 Å². The van der Waals surface area contributed by atoms with Crippen molar-refractivity contribution in [3.8, 4) is 0 Å². The number of carbonyl (C=O) groups excluding carboxylic acids is 3. The SMILES string of the molecule is O=C(OC1C2CC3C1OC(=O)C3C2C(=O)OC(C(F)(F)F)C(F)(F)S(=O)(=O)O)C1C=Cc2ccccc21. The number of halogens is 5. The highest BCUT2D eigenvalue weighted by Gasteiger charge is 2.72. The van der Waals surface area contributed by atoms with Crippen molar-refractivity contribution in [3.05, 3.63) is 41.5 Å². The van der Waals surface area contributed by atoms with E-state index in [2.05, 4.69) is 4.74 Å². The van der Waals surface area contributed by atoms with Gasteiger partial charge in [-0.1, -0.05) is 36.4 Å². The predicted octanol–water partition coefficient (Wildman–Crippen LogP) is 2.47. The summed E-state index contributed by atoms with van der Waals surface area (Å²) in [5.74, 6) is -9.57. The summed E-state index contributed by atoms with van der Waals surface area (Å²) in [5.41, 5.74) is 1.37. The standard InChI is InChI=1S/C22H17F5O9S/c23-21(24,25)20(22(26,27)37(31,32)33)36-19(30)14-12-7-11-13(14)18(29)35-16(11)15(12)34-17(28)10-6-5-8-3-1-2-4-9(8)10/h1-6,10-16,20H,7H2,(H,31,32,33). The highest BCUT2D eigenvalue weighted by atomic mass is 32.2. The molecule has 1 aromatic carbocycles. The molecule has 200 valence electrons. The Bertz CT molecular complexity index is 1310. The maximum absolute atomic E-state index is 13.9. The third kappa shape index (κ3) is 3.90. The van der Waals surface area contributed by atoms with Gasteiger partial charge in [-0.25, -0.2) is 0 Å². The molecule has 4 aliphatic rings. The van der Waals surface area contributed by atoms with Crippen LogP contribution in [0.2, 0.25) is 0 Å². The number of rotatable bonds is 6. The van der Waals surface area contributed by atoms with Crippen molar-refractivity contribution in [2.75, 3.05) is 0 Å². The minimum atomic E-state index is -6.64. The fraction of sp³-hybridized carbons (Fsp3) is 0.500. The molecule has 0 radical (unpaired) electrons. The first-order valence-electron chi connectivity index (χ1n) is 10.9. The lowest BCUT2D eigenvalue weighted by molar-refractivity contribution is -0.262. The summed E-state index contributed by atoms with van der Waals surface area (Å²) in [4.78, 5) is 38.1. The molecular weight excluding hydrogens is 535 g/mol. The van der Waals surface area contributed by atoms with Gasteiger partial charge in [0.25, 0.3) is 6.10 Å². The second-order valence-corrected chi connectivity index (χ2v) is 10.8. The van der Waals surface area contributed by atoms with E-state index in [9.17, 15) is 44.8 Å². The molecule has 2 bridgehead atoms. The lowest BCUT2D eigenvalue weighted by atomic mass is 9.78. The molecule has 8 atom stereocenters. The van der Waals surface area contributed by atoms with E-state index >= 15 is 0 Å². The molecule has 5 rings (SSSR count). The number of hydrogen-bond acceptors (Lipinski definition) is 8. The second-order valence-electron chi connectivity index (χ2n) is 9.28. The Morgan fingerprint density at radius 1 is 1.08 bits per heavy atom. The summed E-state index contributed by atoms with van der Waals surface area (Å²) in [5, 5.41) is -5.93. The minimum absolute atomic E-state index is 0.0126. The highest BCUT2D eigenvalue weighted by Crippen LogP contribution is 2.59. The summed E-state index contributed by atoms with van der Waals surface area (Å²) in [7, 11) is -6.64. The zero-order chi connectivity index (χ0) is 27.1. The zero-order valence-electron chi connectivity index (χ0n) is 18.3. The summed E-state index contributed by atoms with van der Waals surface area (Å²) in [6.07, 6.45) is -9.68. The predicted molar refractivity (Wildman–Crippen MR) is 109 cm³/mol. The van der Waals surface area contributed by atoms with E-state index in [0.29, 0.717) is 5.56 Å². The first-order valence-corrected chi connectivity index (χ1v) is 12.4. The molecule has 3 aliphatic carbocycles. The summed E-state index contributed by atoms with van der Waals surface area (Å²) >= 11 is 0. The van der Waals surface area contributed by atoms with E-state index in [1.54, 1.807) is 36.4 Å². The highest BCUT2D eigenvalue weighted by molar-refractivity contribution is 7.86. The molecule has 3 fully saturated rings. The van der Waals surface area contributed by atoms with Crippen molar-refractivity contribution in [3.63, 3.8) is 0 Å². The lowest BCUT2D eigenvalue weighted by Gasteiger charge is -2.32. The first-order chi connectivity index (χ1) is 17.1. The Morgan fingerprint density at radius 2 is 1.76 bits per heavy atom. The third-order valence-corrected chi connectivity index (χ3v) is 8.21. The van der Waals surface area contributed by atoms with Crippen LogP contribution in [0.25, 0.3) is 6.08 Å². The van der Waals surface area contributed by atoms with Crippen LogP contribution in [0.1, 0.15) is 23.5 Å². The maximum Gasteiger partial charge on any atom is 0.432 e. The Balaban J connectivity index is 1.39. The van der Waals surface area contributed by atoms with E-state index in [4.69, 9.17) is 14.0 Å². The minimum Gasteiger partial charge on any atom is -0.458 e. The van der Waals surface area contributed by atoms with Gasteiger partial charge in [-0.2, -0.15) is 30.4 Å². The molecule has 0 spiro atoms. The largest absolute Gasteiger partial charge is 0.458 e. The Labute approximate surface area is 205 Å². The molecule has 2 saturated carbocycles. The quantitative estimate of drug-likeness (QED) is 0.245. The smallest absolute Gasteiger partial charge is 0.432 e. The maximum atomic E-state index is 13.9. The lowest BCUT2D eigenvalue weighted by Crippen LogP contribution is -2.54. The molecule has 1 aliphatic heterocycles. The van der Waals surface area contributed by atoms with Gasteiger partial charge in [0.05, 0.1) is 11.8 Å². The first kappa shape index (κ1) is 25.6.